The summed E-state index contributed by atoms with van der Waals surface area (Å²) in [5.74, 6) is 2.51. The van der Waals surface area contributed by atoms with Crippen LogP contribution < -0.4 is 0 Å². The average molecular weight is 457 g/mol. The van der Waals surface area contributed by atoms with Gasteiger partial charge in [-0.3, -0.25) is 0 Å². The normalized spacial score (nSPS) is 29.7. The number of hydrogen-bond donors (Lipinski definition) is 0. The fourth-order valence-electron chi connectivity index (χ4n) is 2.31. The van der Waals surface area contributed by atoms with Crippen LogP contribution in [0.25, 0.3) is 0 Å². The Hall–Kier alpha value is 1.94. The maximum Gasteiger partial charge on any atom is 0.179 e. The molecule has 5 rings (SSSR count). The van der Waals surface area contributed by atoms with Crippen molar-refractivity contribution in [3.8, 4) is 0 Å². The minimum Gasteiger partial charge on any atom is -0.350 e. The van der Waals surface area contributed by atoms with Gasteiger partial charge < -0.3 is 9.47 Å². The molecule has 2 nitrogen and oxygen atoms in total. The quantitative estimate of drug-likeness (QED) is 0.440. The fraction of sp³-hybridized carbons (Fsp3) is 0.538. The lowest BCUT2D eigenvalue weighted by Crippen LogP contribution is -2.31. The molecule has 0 N–H and O–H groups in total. The third-order valence-electron chi connectivity index (χ3n) is 3.31. The molecule has 5 aliphatic heterocycles. The van der Waals surface area contributed by atoms with Crippen LogP contribution in [-0.2, 0) is 9.47 Å². The van der Waals surface area contributed by atoms with Crippen LogP contribution in [0, 0.1) is 0 Å². The van der Waals surface area contributed by atoms with Gasteiger partial charge in [0.15, 0.2) is 6.29 Å². The molecular formula is C13H12O2S8. The first-order valence-corrected chi connectivity index (χ1v) is 14.1. The molecule has 0 bridgehead atoms. The molecule has 5 heterocycles. The van der Waals surface area contributed by atoms with E-state index in [1.165, 1.54) is 36.9 Å². The van der Waals surface area contributed by atoms with Crippen LogP contribution in [-0.4, -0.2) is 35.6 Å². The number of thioether (sulfide) groups is 8. The molecule has 0 aromatic carbocycles. The molecule has 0 saturated carbocycles. The van der Waals surface area contributed by atoms with E-state index in [1.54, 1.807) is 0 Å². The maximum atomic E-state index is 5.78. The molecule has 1 saturated heterocycles. The van der Waals surface area contributed by atoms with E-state index in [2.05, 4.69) is 0 Å². The summed E-state index contributed by atoms with van der Waals surface area (Å²) in [6.07, 6.45) is 0.979. The minimum atomic E-state index is -0.0429. The largest absolute Gasteiger partial charge is 0.350 e. The van der Waals surface area contributed by atoms with Gasteiger partial charge in [-0.05, 0) is 6.42 Å². The van der Waals surface area contributed by atoms with Crippen molar-refractivity contribution in [2.24, 2.45) is 0 Å². The lowest BCUT2D eigenvalue weighted by Gasteiger charge is -2.27. The Labute approximate surface area is 169 Å². The predicted octanol–water partition coefficient (Wildman–Crippen LogP) is 6.38. The summed E-state index contributed by atoms with van der Waals surface area (Å²) in [6, 6.07) is 0. The van der Waals surface area contributed by atoms with Crippen molar-refractivity contribution in [1.82, 2.24) is 0 Å². The Morgan fingerprint density at radius 2 is 1.17 bits per heavy atom. The van der Waals surface area contributed by atoms with Crippen LogP contribution in [0.5, 0.6) is 0 Å². The molecule has 5 aliphatic rings. The van der Waals surface area contributed by atoms with Crippen LogP contribution >= 0.6 is 94.1 Å². The molecule has 0 amide bonds. The van der Waals surface area contributed by atoms with Crippen molar-refractivity contribution >= 4 is 94.1 Å². The summed E-state index contributed by atoms with van der Waals surface area (Å²) in [5, 5.41) is 0. The summed E-state index contributed by atoms with van der Waals surface area (Å²) in [7, 11) is 0. The molecule has 1 fully saturated rings. The minimum absolute atomic E-state index is 0.0429. The number of ether oxygens (including phenoxy) is 2. The standard InChI is InChI=1S/C13H12O2S8/c1-2-14-6(15-3-1)7-18-10-11(19-7)23-13(22-10)12-20-8-9(21-12)17-5-4-16-8/h6-7H,1-5H2. The lowest BCUT2D eigenvalue weighted by molar-refractivity contribution is -0.168. The zero-order valence-electron chi connectivity index (χ0n) is 11.8. The van der Waals surface area contributed by atoms with E-state index in [9.17, 15) is 0 Å². The number of hydrogen-bond acceptors (Lipinski definition) is 10. The molecule has 0 spiro atoms. The highest BCUT2D eigenvalue weighted by molar-refractivity contribution is 8.48. The van der Waals surface area contributed by atoms with Crippen LogP contribution in [0.4, 0.5) is 0 Å². The molecule has 0 aromatic heterocycles. The van der Waals surface area contributed by atoms with Crippen molar-refractivity contribution in [3.05, 3.63) is 25.4 Å². The SMILES string of the molecule is C1COC(C2SC3=C(SC(=C4SC5=C(SCCS5)S4)S3)S2)OC1. The highest BCUT2D eigenvalue weighted by Crippen LogP contribution is 2.70. The molecule has 124 valence electrons. The van der Waals surface area contributed by atoms with Gasteiger partial charge in [-0.15, -0.1) is 23.5 Å². The third kappa shape index (κ3) is 3.55. The molecule has 0 aromatic rings. The van der Waals surface area contributed by atoms with Gasteiger partial charge in [0, 0.05) is 11.5 Å². The van der Waals surface area contributed by atoms with Crippen LogP contribution in [0.2, 0.25) is 0 Å². The van der Waals surface area contributed by atoms with E-state index in [0.717, 1.165) is 19.6 Å². The second-order valence-corrected chi connectivity index (χ2v) is 15.3. The van der Waals surface area contributed by atoms with E-state index in [-0.39, 0.29) is 6.29 Å². The Morgan fingerprint density at radius 1 is 0.652 bits per heavy atom. The Bertz CT molecular complexity index is 581. The summed E-state index contributed by atoms with van der Waals surface area (Å²) in [4.78, 5) is 0. The fourth-order valence-corrected chi connectivity index (χ4v) is 15.4. The Kier molecular flexibility index (Phi) is 5.58. The lowest BCUT2D eigenvalue weighted by atomic mass is 10.4. The van der Waals surface area contributed by atoms with Gasteiger partial charge in [0.25, 0.3) is 0 Å². The molecule has 10 heteroatoms. The molecule has 0 radical (unpaired) electrons. The van der Waals surface area contributed by atoms with E-state index in [1.807, 2.05) is 94.1 Å². The predicted molar refractivity (Wildman–Crippen MR) is 116 cm³/mol. The molecule has 0 atom stereocenters. The first-order chi connectivity index (χ1) is 11.4. The van der Waals surface area contributed by atoms with Crippen molar-refractivity contribution < 1.29 is 9.47 Å². The van der Waals surface area contributed by atoms with Crippen LogP contribution in [0.1, 0.15) is 6.42 Å². The second kappa shape index (κ2) is 7.52. The zero-order valence-corrected chi connectivity index (χ0v) is 18.3. The first-order valence-electron chi connectivity index (χ1n) is 7.13. The first kappa shape index (κ1) is 17.1. The summed E-state index contributed by atoms with van der Waals surface area (Å²) < 4.78 is 20.9. The third-order valence-corrected chi connectivity index (χ3v) is 15.6. The molecule has 23 heavy (non-hydrogen) atoms. The monoisotopic (exact) mass is 456 g/mol. The average Bonchev–Trinajstić information content (AvgIpc) is 3.27. The highest BCUT2D eigenvalue weighted by atomic mass is 32.3. The Balaban J connectivity index is 1.24. The summed E-state index contributed by atoms with van der Waals surface area (Å²) in [5.41, 5.74) is 0. The van der Waals surface area contributed by atoms with E-state index in [0.29, 0.717) is 4.58 Å². The summed E-state index contributed by atoms with van der Waals surface area (Å²) in [6.45, 7) is 1.67. The second-order valence-electron chi connectivity index (χ2n) is 4.90. The topological polar surface area (TPSA) is 18.5 Å². The van der Waals surface area contributed by atoms with E-state index >= 15 is 0 Å². The van der Waals surface area contributed by atoms with Gasteiger partial charge in [0.1, 0.15) is 4.58 Å². The van der Waals surface area contributed by atoms with Gasteiger partial charge in [-0.1, -0.05) is 70.6 Å². The van der Waals surface area contributed by atoms with Crippen molar-refractivity contribution in [2.75, 3.05) is 24.7 Å². The van der Waals surface area contributed by atoms with Crippen LogP contribution in [0.15, 0.2) is 25.4 Å². The van der Waals surface area contributed by atoms with Crippen molar-refractivity contribution in [3.63, 3.8) is 0 Å². The molecular weight excluding hydrogens is 445 g/mol. The smallest absolute Gasteiger partial charge is 0.179 e. The highest BCUT2D eigenvalue weighted by Gasteiger charge is 2.40. The maximum absolute atomic E-state index is 5.78. The van der Waals surface area contributed by atoms with Gasteiger partial charge in [-0.2, -0.15) is 0 Å². The molecule has 0 unspecified atom stereocenters. The van der Waals surface area contributed by atoms with E-state index in [4.69, 9.17) is 9.47 Å². The van der Waals surface area contributed by atoms with Gasteiger partial charge in [-0.25, -0.2) is 0 Å². The zero-order chi connectivity index (χ0) is 15.2. The van der Waals surface area contributed by atoms with Gasteiger partial charge >= 0.3 is 0 Å². The van der Waals surface area contributed by atoms with Gasteiger partial charge in [0.2, 0.25) is 0 Å². The molecule has 0 aliphatic carbocycles. The number of rotatable bonds is 1. The van der Waals surface area contributed by atoms with Crippen molar-refractivity contribution in [2.45, 2.75) is 17.3 Å². The van der Waals surface area contributed by atoms with Crippen molar-refractivity contribution in [1.29, 1.82) is 0 Å². The Morgan fingerprint density at radius 3 is 1.74 bits per heavy atom. The van der Waals surface area contributed by atoms with E-state index < -0.39 is 0 Å². The summed E-state index contributed by atoms with van der Waals surface area (Å²) >= 11 is 15.8. The van der Waals surface area contributed by atoms with Gasteiger partial charge in [0.05, 0.1) is 38.6 Å². The van der Waals surface area contributed by atoms with Crippen LogP contribution in [0.3, 0.4) is 0 Å².